The van der Waals surface area contributed by atoms with Gasteiger partial charge in [-0.2, -0.15) is 24.5 Å². The second-order valence-electron chi connectivity index (χ2n) is 6.45. The number of benzene rings is 1. The Hall–Kier alpha value is -2.39. The van der Waals surface area contributed by atoms with Crippen LogP contribution < -0.4 is 5.32 Å². The third kappa shape index (κ3) is 4.90. The number of amides is 2. The molecule has 150 valence electrons. The van der Waals surface area contributed by atoms with E-state index in [1.807, 2.05) is 5.38 Å². The molecule has 0 unspecified atom stereocenters. The van der Waals surface area contributed by atoms with Gasteiger partial charge in [0.2, 0.25) is 0 Å². The van der Waals surface area contributed by atoms with E-state index in [-0.39, 0.29) is 11.5 Å². The standard InChI is InChI=1S/C19H20F3N3O2S/c20-19(21,22)16-4-2-1-3-15(16)18(27)25-10-8-24(9-11-25)7-6-23-17(26)14-5-12-28-13-14/h1-5,12-13H,6-11H2,(H,23,26). The van der Waals surface area contributed by atoms with Gasteiger partial charge in [-0.3, -0.25) is 14.5 Å². The van der Waals surface area contributed by atoms with E-state index in [2.05, 4.69) is 10.2 Å². The van der Waals surface area contributed by atoms with Crippen molar-refractivity contribution >= 4 is 23.2 Å². The first-order valence-corrected chi connectivity index (χ1v) is 9.79. The number of halogens is 3. The van der Waals surface area contributed by atoms with Crippen molar-refractivity contribution in [1.29, 1.82) is 0 Å². The molecule has 1 N–H and O–H groups in total. The zero-order chi connectivity index (χ0) is 20.1. The van der Waals surface area contributed by atoms with Crippen LogP contribution in [0.3, 0.4) is 0 Å². The van der Waals surface area contributed by atoms with Crippen molar-refractivity contribution in [2.24, 2.45) is 0 Å². The fourth-order valence-corrected chi connectivity index (χ4v) is 3.72. The number of rotatable bonds is 5. The maximum Gasteiger partial charge on any atom is 0.417 e. The van der Waals surface area contributed by atoms with Crippen molar-refractivity contribution in [3.05, 3.63) is 57.8 Å². The topological polar surface area (TPSA) is 52.7 Å². The molecule has 0 saturated carbocycles. The summed E-state index contributed by atoms with van der Waals surface area (Å²) in [6, 6.07) is 6.62. The summed E-state index contributed by atoms with van der Waals surface area (Å²) in [5, 5.41) is 6.45. The fourth-order valence-electron chi connectivity index (χ4n) is 3.08. The molecule has 0 atom stereocenters. The molecule has 1 aliphatic rings. The van der Waals surface area contributed by atoms with E-state index in [9.17, 15) is 22.8 Å². The molecule has 0 bridgehead atoms. The quantitative estimate of drug-likeness (QED) is 0.823. The second-order valence-corrected chi connectivity index (χ2v) is 7.23. The van der Waals surface area contributed by atoms with Gasteiger partial charge in [-0.05, 0) is 23.6 Å². The maximum absolute atomic E-state index is 13.1. The first-order valence-electron chi connectivity index (χ1n) is 8.84. The van der Waals surface area contributed by atoms with Crippen molar-refractivity contribution in [3.8, 4) is 0 Å². The second kappa shape index (κ2) is 8.74. The summed E-state index contributed by atoms with van der Waals surface area (Å²) in [5.74, 6) is -0.725. The van der Waals surface area contributed by atoms with Crippen LogP contribution in [0, 0.1) is 0 Å². The molecule has 1 aliphatic heterocycles. The van der Waals surface area contributed by atoms with E-state index >= 15 is 0 Å². The van der Waals surface area contributed by atoms with Crippen molar-refractivity contribution in [2.45, 2.75) is 6.18 Å². The Morgan fingerprint density at radius 3 is 2.43 bits per heavy atom. The van der Waals surface area contributed by atoms with Gasteiger partial charge in [-0.15, -0.1) is 0 Å². The average molecular weight is 411 g/mol. The molecule has 2 amide bonds. The van der Waals surface area contributed by atoms with Crippen LogP contribution in [-0.2, 0) is 6.18 Å². The summed E-state index contributed by atoms with van der Waals surface area (Å²) in [6.07, 6.45) is -4.56. The number of carbonyl (C=O) groups excluding carboxylic acids is 2. The zero-order valence-electron chi connectivity index (χ0n) is 15.0. The SMILES string of the molecule is O=C(NCCN1CCN(C(=O)c2ccccc2C(F)(F)F)CC1)c1ccsc1. The summed E-state index contributed by atoms with van der Waals surface area (Å²) < 4.78 is 39.4. The molecule has 0 spiro atoms. The molecule has 1 aromatic heterocycles. The van der Waals surface area contributed by atoms with Crippen LogP contribution >= 0.6 is 11.3 Å². The van der Waals surface area contributed by atoms with Gasteiger partial charge in [0.25, 0.3) is 11.8 Å². The lowest BCUT2D eigenvalue weighted by Crippen LogP contribution is -2.50. The number of thiophene rings is 1. The molecule has 3 rings (SSSR count). The lowest BCUT2D eigenvalue weighted by atomic mass is 10.1. The van der Waals surface area contributed by atoms with Gasteiger partial charge in [0.05, 0.1) is 11.1 Å². The third-order valence-electron chi connectivity index (χ3n) is 4.62. The molecular weight excluding hydrogens is 391 g/mol. The maximum atomic E-state index is 13.1. The third-order valence-corrected chi connectivity index (χ3v) is 5.30. The first kappa shape index (κ1) is 20.3. The Kier molecular flexibility index (Phi) is 6.35. The van der Waals surface area contributed by atoms with Crippen LogP contribution in [0.4, 0.5) is 13.2 Å². The summed E-state index contributed by atoms with van der Waals surface area (Å²) >= 11 is 1.45. The first-order chi connectivity index (χ1) is 13.4. The minimum atomic E-state index is -4.56. The van der Waals surface area contributed by atoms with Gasteiger partial charge in [0, 0.05) is 50.2 Å². The van der Waals surface area contributed by atoms with Crippen LogP contribution in [0.25, 0.3) is 0 Å². The van der Waals surface area contributed by atoms with Crippen LogP contribution in [0.15, 0.2) is 41.1 Å². The molecule has 9 heteroatoms. The molecule has 1 fully saturated rings. The lowest BCUT2D eigenvalue weighted by molar-refractivity contribution is -0.138. The predicted molar refractivity (Wildman–Crippen MR) is 100 cm³/mol. The zero-order valence-corrected chi connectivity index (χ0v) is 15.9. The van der Waals surface area contributed by atoms with Crippen LogP contribution in [0.2, 0.25) is 0 Å². The van der Waals surface area contributed by atoms with E-state index in [4.69, 9.17) is 0 Å². The smallest absolute Gasteiger partial charge is 0.351 e. The van der Waals surface area contributed by atoms with Gasteiger partial charge in [0.15, 0.2) is 0 Å². The Balaban J connectivity index is 1.49. The van der Waals surface area contributed by atoms with E-state index in [0.29, 0.717) is 44.8 Å². The fraction of sp³-hybridized carbons (Fsp3) is 0.368. The summed E-state index contributed by atoms with van der Waals surface area (Å²) in [7, 11) is 0. The number of carbonyl (C=O) groups is 2. The number of hydrogen-bond donors (Lipinski definition) is 1. The van der Waals surface area contributed by atoms with E-state index < -0.39 is 17.6 Å². The number of piperazine rings is 1. The Morgan fingerprint density at radius 1 is 1.07 bits per heavy atom. The molecule has 0 aliphatic carbocycles. The average Bonchev–Trinajstić information content (AvgIpc) is 3.22. The Morgan fingerprint density at radius 2 is 1.79 bits per heavy atom. The van der Waals surface area contributed by atoms with Crippen molar-refractivity contribution < 1.29 is 22.8 Å². The minimum absolute atomic E-state index is 0.126. The van der Waals surface area contributed by atoms with Gasteiger partial charge in [-0.1, -0.05) is 12.1 Å². The lowest BCUT2D eigenvalue weighted by Gasteiger charge is -2.35. The van der Waals surface area contributed by atoms with Crippen molar-refractivity contribution in [3.63, 3.8) is 0 Å². The van der Waals surface area contributed by atoms with E-state index in [1.54, 1.807) is 11.4 Å². The highest BCUT2D eigenvalue weighted by molar-refractivity contribution is 7.08. The van der Waals surface area contributed by atoms with Crippen LogP contribution in [0.5, 0.6) is 0 Å². The minimum Gasteiger partial charge on any atom is -0.351 e. The normalized spacial score (nSPS) is 15.5. The number of hydrogen-bond acceptors (Lipinski definition) is 4. The summed E-state index contributed by atoms with van der Waals surface area (Å²) in [4.78, 5) is 28.0. The van der Waals surface area contributed by atoms with Crippen molar-refractivity contribution in [1.82, 2.24) is 15.1 Å². The van der Waals surface area contributed by atoms with E-state index in [1.165, 1.54) is 34.4 Å². The highest BCUT2D eigenvalue weighted by Crippen LogP contribution is 2.32. The molecule has 1 saturated heterocycles. The van der Waals surface area contributed by atoms with Gasteiger partial charge >= 0.3 is 6.18 Å². The van der Waals surface area contributed by atoms with Crippen LogP contribution in [0.1, 0.15) is 26.3 Å². The highest BCUT2D eigenvalue weighted by atomic mass is 32.1. The monoisotopic (exact) mass is 411 g/mol. The Bertz CT molecular complexity index is 816. The number of nitrogens with one attached hydrogen (secondary N) is 1. The molecule has 5 nitrogen and oxygen atoms in total. The Labute approximate surface area is 164 Å². The molecule has 2 aromatic rings. The molecule has 28 heavy (non-hydrogen) atoms. The van der Waals surface area contributed by atoms with Gasteiger partial charge in [0.1, 0.15) is 0 Å². The predicted octanol–water partition coefficient (Wildman–Crippen LogP) is 2.95. The molecule has 2 heterocycles. The number of nitrogens with zero attached hydrogens (tertiary/aromatic N) is 2. The number of alkyl halides is 3. The molecular formula is C19H20F3N3O2S. The highest BCUT2D eigenvalue weighted by Gasteiger charge is 2.36. The van der Waals surface area contributed by atoms with Gasteiger partial charge < -0.3 is 10.2 Å². The van der Waals surface area contributed by atoms with Gasteiger partial charge in [-0.25, -0.2) is 0 Å². The largest absolute Gasteiger partial charge is 0.417 e. The molecule has 1 aromatic carbocycles. The summed E-state index contributed by atoms with van der Waals surface area (Å²) in [6.45, 7) is 2.89. The van der Waals surface area contributed by atoms with Crippen LogP contribution in [-0.4, -0.2) is 60.9 Å². The van der Waals surface area contributed by atoms with E-state index in [0.717, 1.165) is 6.07 Å². The summed E-state index contributed by atoms with van der Waals surface area (Å²) in [5.41, 5.74) is -0.589. The van der Waals surface area contributed by atoms with Crippen molar-refractivity contribution in [2.75, 3.05) is 39.3 Å². The molecule has 0 radical (unpaired) electrons.